The van der Waals surface area contributed by atoms with Crippen molar-refractivity contribution >= 4 is 16.3 Å². The number of anilines is 1. The largest absolute Gasteiger partial charge is 0.508 e. The van der Waals surface area contributed by atoms with E-state index in [4.69, 9.17) is 5.73 Å². The van der Waals surface area contributed by atoms with Crippen molar-refractivity contribution in [2.75, 3.05) is 5.32 Å². The van der Waals surface area contributed by atoms with Crippen molar-refractivity contribution in [1.82, 2.24) is 0 Å². The van der Waals surface area contributed by atoms with Crippen molar-refractivity contribution in [2.45, 2.75) is 16.2 Å². The van der Waals surface area contributed by atoms with E-state index in [9.17, 15) is 14.2 Å². The Kier molecular flexibility index (Phi) is 2.34. The molecule has 0 fully saturated rings. The molecule has 0 saturated carbocycles. The Morgan fingerprint density at radius 1 is 1.28 bits per heavy atom. The Bertz CT molecular complexity index is 568. The quantitative estimate of drug-likeness (QED) is 0.463. The molecular formula is C12H14N2O3S. The van der Waals surface area contributed by atoms with E-state index in [1.165, 1.54) is 12.1 Å². The number of phenolic OH excluding ortho intramolecular Hbond substituents is 1. The van der Waals surface area contributed by atoms with E-state index in [1.807, 2.05) is 6.08 Å². The van der Waals surface area contributed by atoms with Crippen molar-refractivity contribution in [2.24, 2.45) is 5.73 Å². The van der Waals surface area contributed by atoms with E-state index in [0.29, 0.717) is 16.3 Å². The summed E-state index contributed by atoms with van der Waals surface area (Å²) in [6, 6.07) is 4.35. The molecule has 1 aliphatic carbocycles. The fourth-order valence-corrected chi connectivity index (χ4v) is 4.26. The zero-order valence-electron chi connectivity index (χ0n) is 9.45. The van der Waals surface area contributed by atoms with Gasteiger partial charge in [-0.15, -0.1) is 0 Å². The second kappa shape index (κ2) is 3.68. The van der Waals surface area contributed by atoms with Crippen LogP contribution in [0.1, 0.15) is 0 Å². The fraction of sp³-hybridized carbons (Fsp3) is 0.167. The summed E-state index contributed by atoms with van der Waals surface area (Å²) in [5, 5.41) is 12.2. The second-order valence-corrected chi connectivity index (χ2v) is 6.60. The monoisotopic (exact) mass is 266 g/mol. The molecule has 2 aliphatic rings. The van der Waals surface area contributed by atoms with Gasteiger partial charge in [-0.2, -0.15) is 10.6 Å². The first-order chi connectivity index (χ1) is 8.48. The number of phenols is 1. The van der Waals surface area contributed by atoms with Crippen molar-refractivity contribution in [3.63, 3.8) is 0 Å². The molecule has 1 aliphatic heterocycles. The highest BCUT2D eigenvalue weighted by Gasteiger charge is 2.39. The third-order valence-corrected chi connectivity index (χ3v) is 5.37. The summed E-state index contributed by atoms with van der Waals surface area (Å²) in [5.41, 5.74) is 6.85. The Morgan fingerprint density at radius 3 is 2.83 bits per heavy atom. The maximum absolute atomic E-state index is 10.4. The normalized spacial score (nSPS) is 29.6. The highest BCUT2D eigenvalue weighted by Crippen LogP contribution is 2.61. The molecule has 0 spiro atoms. The molecule has 2 unspecified atom stereocenters. The molecule has 1 heterocycles. The zero-order chi connectivity index (χ0) is 12.9. The third-order valence-electron chi connectivity index (χ3n) is 3.20. The van der Waals surface area contributed by atoms with Crippen LogP contribution in [0.25, 0.3) is 0 Å². The lowest BCUT2D eigenvalue weighted by molar-refractivity contribution is 0.459. The SMILES string of the molecule is NC1=CC2C(C=C1)Nc1ccc(O)cc1S2(O)O. The highest BCUT2D eigenvalue weighted by atomic mass is 32.3. The van der Waals surface area contributed by atoms with E-state index < -0.39 is 15.8 Å². The molecule has 96 valence electrons. The zero-order valence-corrected chi connectivity index (χ0v) is 10.3. The van der Waals surface area contributed by atoms with Gasteiger partial charge in [0.2, 0.25) is 0 Å². The highest BCUT2D eigenvalue weighted by molar-refractivity contribution is 8.25. The lowest BCUT2D eigenvalue weighted by atomic mass is 10.1. The topological polar surface area (TPSA) is 98.7 Å². The summed E-state index contributed by atoms with van der Waals surface area (Å²) in [7, 11) is -3.03. The molecule has 1 aromatic rings. The maximum Gasteiger partial charge on any atom is 0.117 e. The minimum atomic E-state index is -3.03. The lowest BCUT2D eigenvalue weighted by Gasteiger charge is -2.48. The van der Waals surface area contributed by atoms with Gasteiger partial charge in [0.1, 0.15) is 5.75 Å². The molecular weight excluding hydrogens is 252 g/mol. The number of aromatic hydroxyl groups is 1. The first-order valence-electron chi connectivity index (χ1n) is 5.50. The molecule has 2 atom stereocenters. The van der Waals surface area contributed by atoms with Gasteiger partial charge < -0.3 is 16.2 Å². The molecule has 0 radical (unpaired) electrons. The molecule has 0 bridgehead atoms. The maximum atomic E-state index is 10.4. The minimum absolute atomic E-state index is 0.0114. The molecule has 3 rings (SSSR count). The van der Waals surface area contributed by atoms with Crippen molar-refractivity contribution in [3.8, 4) is 5.75 Å². The second-order valence-electron chi connectivity index (χ2n) is 4.43. The Labute approximate surface area is 106 Å². The van der Waals surface area contributed by atoms with Crippen LogP contribution in [0.15, 0.2) is 47.0 Å². The van der Waals surface area contributed by atoms with Gasteiger partial charge >= 0.3 is 0 Å². The Hall–Kier alpha value is -1.63. The van der Waals surface area contributed by atoms with Crippen LogP contribution in [-0.2, 0) is 0 Å². The summed E-state index contributed by atoms with van der Waals surface area (Å²) in [4.78, 5) is 0.336. The molecule has 18 heavy (non-hydrogen) atoms. The molecule has 0 amide bonds. The van der Waals surface area contributed by atoms with Crippen molar-refractivity contribution in [1.29, 1.82) is 0 Å². The summed E-state index contributed by atoms with van der Waals surface area (Å²) >= 11 is 0. The van der Waals surface area contributed by atoms with Crippen LogP contribution in [-0.4, -0.2) is 25.5 Å². The van der Waals surface area contributed by atoms with Crippen LogP contribution in [0.3, 0.4) is 0 Å². The van der Waals surface area contributed by atoms with Crippen molar-refractivity contribution in [3.05, 3.63) is 42.1 Å². The van der Waals surface area contributed by atoms with Crippen LogP contribution in [0.2, 0.25) is 0 Å². The molecule has 6 N–H and O–H groups in total. The molecule has 5 nitrogen and oxygen atoms in total. The molecule has 6 heteroatoms. The van der Waals surface area contributed by atoms with Crippen LogP contribution in [0.4, 0.5) is 5.69 Å². The van der Waals surface area contributed by atoms with Gasteiger partial charge in [-0.05, 0) is 24.3 Å². The number of hydrogen-bond donors (Lipinski definition) is 5. The van der Waals surface area contributed by atoms with Crippen LogP contribution in [0, 0.1) is 0 Å². The van der Waals surface area contributed by atoms with Gasteiger partial charge in [0.05, 0.1) is 21.9 Å². The van der Waals surface area contributed by atoms with Gasteiger partial charge in [-0.25, -0.2) is 0 Å². The molecule has 0 aromatic heterocycles. The van der Waals surface area contributed by atoms with E-state index in [1.54, 1.807) is 18.2 Å². The number of nitrogens with one attached hydrogen (secondary N) is 1. The average molecular weight is 266 g/mol. The lowest BCUT2D eigenvalue weighted by Crippen LogP contribution is -2.40. The Morgan fingerprint density at radius 2 is 2.06 bits per heavy atom. The summed E-state index contributed by atoms with van der Waals surface area (Å²) in [6.07, 6.45) is 5.22. The van der Waals surface area contributed by atoms with Gasteiger partial charge in [0.15, 0.2) is 0 Å². The number of allylic oxidation sites excluding steroid dienone is 1. The van der Waals surface area contributed by atoms with Crippen LogP contribution < -0.4 is 11.1 Å². The minimum Gasteiger partial charge on any atom is -0.508 e. The van der Waals surface area contributed by atoms with E-state index in [-0.39, 0.29) is 11.8 Å². The van der Waals surface area contributed by atoms with Gasteiger partial charge in [-0.1, -0.05) is 6.08 Å². The summed E-state index contributed by atoms with van der Waals surface area (Å²) in [6.45, 7) is 0. The first kappa shape index (κ1) is 11.5. The van der Waals surface area contributed by atoms with Gasteiger partial charge in [0.25, 0.3) is 0 Å². The Balaban J connectivity index is 2.15. The van der Waals surface area contributed by atoms with E-state index >= 15 is 0 Å². The predicted molar refractivity (Wildman–Crippen MR) is 71.8 cm³/mol. The van der Waals surface area contributed by atoms with E-state index in [0.717, 1.165) is 0 Å². The number of benzene rings is 1. The van der Waals surface area contributed by atoms with Crippen molar-refractivity contribution < 1.29 is 14.2 Å². The van der Waals surface area contributed by atoms with Crippen LogP contribution >= 0.6 is 10.6 Å². The molecule has 1 aromatic carbocycles. The van der Waals surface area contributed by atoms with Gasteiger partial charge in [0, 0.05) is 11.8 Å². The number of nitrogens with two attached hydrogens (primary N) is 1. The predicted octanol–water partition coefficient (Wildman–Crippen LogP) is 2.08. The van der Waals surface area contributed by atoms with Crippen LogP contribution in [0.5, 0.6) is 5.75 Å². The summed E-state index contributed by atoms with van der Waals surface area (Å²) in [5.74, 6) is 0.0114. The molecule has 0 saturated heterocycles. The number of hydrogen-bond acceptors (Lipinski definition) is 5. The first-order valence-corrected chi connectivity index (χ1v) is 7.11. The standard InChI is InChI=1S/C12H14N2O3S/c13-7-1-3-9-11(5-7)18(16,17)12-6-8(15)2-4-10(12)14-9/h1-6,9,11,14-17H,13H2. The van der Waals surface area contributed by atoms with E-state index in [2.05, 4.69) is 5.32 Å². The third kappa shape index (κ3) is 1.58. The smallest absolute Gasteiger partial charge is 0.117 e. The number of rotatable bonds is 0. The summed E-state index contributed by atoms with van der Waals surface area (Å²) < 4.78 is 20.8. The fourth-order valence-electron chi connectivity index (χ4n) is 2.31. The number of fused-ring (bicyclic) bond motifs is 2. The van der Waals surface area contributed by atoms with Gasteiger partial charge in [-0.3, -0.25) is 9.11 Å². The average Bonchev–Trinajstić information content (AvgIpc) is 2.32.